The predicted molar refractivity (Wildman–Crippen MR) is 100 cm³/mol. The number of aliphatic carboxylic acids is 1. The smallest absolute Gasteiger partial charge is 0.341 e. The Balaban J connectivity index is 1.55. The summed E-state index contributed by atoms with van der Waals surface area (Å²) in [5.41, 5.74) is 2.08. The van der Waals surface area contributed by atoms with E-state index in [0.717, 1.165) is 25.2 Å². The highest BCUT2D eigenvalue weighted by molar-refractivity contribution is 7.13. The van der Waals surface area contributed by atoms with Gasteiger partial charge in [0.2, 0.25) is 0 Å². The van der Waals surface area contributed by atoms with Crippen molar-refractivity contribution in [3.8, 4) is 5.75 Å². The van der Waals surface area contributed by atoms with E-state index in [1.165, 1.54) is 16.9 Å². The van der Waals surface area contributed by atoms with Gasteiger partial charge in [-0.1, -0.05) is 23.7 Å². The quantitative estimate of drug-likeness (QED) is 0.774. The molecule has 1 aliphatic heterocycles. The fraction of sp³-hybridized carbons (Fsp3) is 0.444. The lowest BCUT2D eigenvalue weighted by molar-refractivity contribution is -0.139. The Hall–Kier alpha value is -1.67. The Bertz CT molecular complexity index is 737. The van der Waals surface area contributed by atoms with Crippen molar-refractivity contribution in [2.75, 3.05) is 26.3 Å². The summed E-state index contributed by atoms with van der Waals surface area (Å²) in [6.07, 6.45) is 0.853. The number of carboxylic acid groups (broad SMARTS) is 1. The molecule has 2 aromatic rings. The van der Waals surface area contributed by atoms with Crippen molar-refractivity contribution in [2.24, 2.45) is 0 Å². The molecule has 1 fully saturated rings. The second-order valence-corrected chi connectivity index (χ2v) is 7.70. The van der Waals surface area contributed by atoms with E-state index < -0.39 is 5.97 Å². The first-order valence-electron chi connectivity index (χ1n) is 8.41. The van der Waals surface area contributed by atoms with Gasteiger partial charge < -0.3 is 14.6 Å². The van der Waals surface area contributed by atoms with Gasteiger partial charge >= 0.3 is 5.97 Å². The summed E-state index contributed by atoms with van der Waals surface area (Å²) in [7, 11) is 0. The maximum atomic E-state index is 10.5. The SMILES string of the molecule is CC(Cc1ccc(OCC(=O)O)cc1)N1CCOC(c2csc(Cl)n2)C1. The van der Waals surface area contributed by atoms with E-state index in [4.69, 9.17) is 26.2 Å². The number of thiazole rings is 1. The van der Waals surface area contributed by atoms with Crippen LogP contribution >= 0.6 is 22.9 Å². The Kier molecular flexibility index (Phi) is 6.48. The number of ether oxygens (including phenoxy) is 2. The standard InChI is InChI=1S/C18H21ClN2O4S/c1-12(8-13-2-4-14(5-3-13)25-10-17(22)23)21-6-7-24-16(9-21)15-11-26-18(19)20-15/h2-5,11-12,16H,6-10H2,1H3,(H,22,23). The van der Waals surface area contributed by atoms with Crippen LogP contribution in [0.3, 0.4) is 0 Å². The highest BCUT2D eigenvalue weighted by Crippen LogP contribution is 2.27. The van der Waals surface area contributed by atoms with Gasteiger partial charge in [0.05, 0.1) is 12.3 Å². The van der Waals surface area contributed by atoms with Crippen LogP contribution < -0.4 is 4.74 Å². The van der Waals surface area contributed by atoms with Gasteiger partial charge in [0, 0.05) is 24.5 Å². The number of benzene rings is 1. The summed E-state index contributed by atoms with van der Waals surface area (Å²) in [6.45, 7) is 4.22. The first-order chi connectivity index (χ1) is 12.5. The molecule has 1 aromatic carbocycles. The molecule has 0 bridgehead atoms. The normalized spacial score (nSPS) is 19.2. The molecule has 2 atom stereocenters. The Morgan fingerprint density at radius 2 is 2.27 bits per heavy atom. The van der Waals surface area contributed by atoms with Crippen LogP contribution in [-0.4, -0.2) is 53.3 Å². The van der Waals surface area contributed by atoms with Crippen molar-refractivity contribution >= 4 is 28.9 Å². The van der Waals surface area contributed by atoms with Crippen LogP contribution in [0.15, 0.2) is 29.6 Å². The minimum Gasteiger partial charge on any atom is -0.482 e. The van der Waals surface area contributed by atoms with Crippen LogP contribution in [0.5, 0.6) is 5.75 Å². The van der Waals surface area contributed by atoms with Crippen molar-refractivity contribution < 1.29 is 19.4 Å². The van der Waals surface area contributed by atoms with Crippen LogP contribution in [0.25, 0.3) is 0 Å². The van der Waals surface area contributed by atoms with Crippen molar-refractivity contribution in [3.63, 3.8) is 0 Å². The third kappa shape index (κ3) is 5.17. The fourth-order valence-electron chi connectivity index (χ4n) is 3.00. The van der Waals surface area contributed by atoms with Crippen molar-refractivity contribution in [3.05, 3.63) is 45.4 Å². The molecule has 6 nitrogen and oxygen atoms in total. The number of rotatable bonds is 7. The Morgan fingerprint density at radius 1 is 1.50 bits per heavy atom. The highest BCUT2D eigenvalue weighted by Gasteiger charge is 2.26. The van der Waals surface area contributed by atoms with Gasteiger partial charge in [0.25, 0.3) is 0 Å². The van der Waals surface area contributed by atoms with Crippen molar-refractivity contribution in [1.82, 2.24) is 9.88 Å². The van der Waals surface area contributed by atoms with E-state index in [1.807, 2.05) is 29.6 Å². The van der Waals surface area contributed by atoms with Gasteiger partial charge in [0.15, 0.2) is 11.1 Å². The minimum atomic E-state index is -0.981. The molecular weight excluding hydrogens is 376 g/mol. The number of carboxylic acids is 1. The third-order valence-electron chi connectivity index (χ3n) is 4.36. The van der Waals surface area contributed by atoms with E-state index >= 15 is 0 Å². The maximum absolute atomic E-state index is 10.5. The molecule has 3 rings (SSSR count). The van der Waals surface area contributed by atoms with Crippen LogP contribution in [0, 0.1) is 0 Å². The van der Waals surface area contributed by atoms with Gasteiger partial charge in [-0.15, -0.1) is 11.3 Å². The zero-order chi connectivity index (χ0) is 18.5. The van der Waals surface area contributed by atoms with Crippen LogP contribution in [0.2, 0.25) is 4.47 Å². The lowest BCUT2D eigenvalue weighted by Gasteiger charge is -2.36. The molecule has 0 aliphatic carbocycles. The topological polar surface area (TPSA) is 71.9 Å². The lowest BCUT2D eigenvalue weighted by atomic mass is 10.0. The largest absolute Gasteiger partial charge is 0.482 e. The van der Waals surface area contributed by atoms with E-state index in [0.29, 0.717) is 22.9 Å². The molecule has 26 heavy (non-hydrogen) atoms. The highest BCUT2D eigenvalue weighted by atomic mass is 35.5. The average molecular weight is 397 g/mol. The van der Waals surface area contributed by atoms with Gasteiger partial charge in [-0.3, -0.25) is 4.90 Å². The van der Waals surface area contributed by atoms with E-state index in [-0.39, 0.29) is 12.7 Å². The predicted octanol–water partition coefficient (Wildman–Crippen LogP) is 3.26. The summed E-state index contributed by atoms with van der Waals surface area (Å²) in [6, 6.07) is 7.92. The second kappa shape index (κ2) is 8.81. The Morgan fingerprint density at radius 3 is 2.92 bits per heavy atom. The second-order valence-electron chi connectivity index (χ2n) is 6.26. The van der Waals surface area contributed by atoms with E-state index in [1.54, 1.807) is 0 Å². The summed E-state index contributed by atoms with van der Waals surface area (Å²) >= 11 is 7.36. The Labute approximate surface area is 161 Å². The molecule has 2 heterocycles. The van der Waals surface area contributed by atoms with E-state index in [2.05, 4.69) is 16.8 Å². The number of hydrogen-bond donors (Lipinski definition) is 1. The average Bonchev–Trinajstić information content (AvgIpc) is 3.07. The van der Waals surface area contributed by atoms with Crippen LogP contribution in [0.1, 0.15) is 24.3 Å². The molecule has 0 amide bonds. The summed E-state index contributed by atoms with van der Waals surface area (Å²) in [5.74, 6) is -0.415. The number of carbonyl (C=O) groups is 1. The molecule has 140 valence electrons. The van der Waals surface area contributed by atoms with Crippen molar-refractivity contribution in [2.45, 2.75) is 25.5 Å². The van der Waals surface area contributed by atoms with Gasteiger partial charge in [-0.2, -0.15) is 0 Å². The minimum absolute atomic E-state index is 0.0401. The number of halogens is 1. The van der Waals surface area contributed by atoms with Crippen LogP contribution in [0.4, 0.5) is 0 Å². The first-order valence-corrected chi connectivity index (χ1v) is 9.67. The molecular formula is C18H21ClN2O4S. The van der Waals surface area contributed by atoms with E-state index in [9.17, 15) is 4.79 Å². The molecule has 1 N–H and O–H groups in total. The summed E-state index contributed by atoms with van der Waals surface area (Å²) < 4.78 is 11.6. The molecule has 0 saturated carbocycles. The lowest BCUT2D eigenvalue weighted by Crippen LogP contribution is -2.44. The molecule has 1 aliphatic rings. The molecule has 0 radical (unpaired) electrons. The summed E-state index contributed by atoms with van der Waals surface area (Å²) in [5, 5.41) is 10.6. The molecule has 8 heteroatoms. The number of hydrogen-bond acceptors (Lipinski definition) is 6. The molecule has 0 spiro atoms. The van der Waals surface area contributed by atoms with Crippen molar-refractivity contribution in [1.29, 1.82) is 0 Å². The first kappa shape index (κ1) is 19.1. The van der Waals surface area contributed by atoms with Gasteiger partial charge in [-0.05, 0) is 31.0 Å². The van der Waals surface area contributed by atoms with Gasteiger partial charge in [0.1, 0.15) is 11.9 Å². The molecule has 1 aromatic heterocycles. The maximum Gasteiger partial charge on any atom is 0.341 e. The number of morpholine rings is 1. The molecule has 2 unspecified atom stereocenters. The zero-order valence-electron chi connectivity index (χ0n) is 14.4. The number of aromatic nitrogens is 1. The molecule has 1 saturated heterocycles. The number of nitrogens with zero attached hydrogens (tertiary/aromatic N) is 2. The third-order valence-corrected chi connectivity index (χ3v) is 5.36. The summed E-state index contributed by atoms with van der Waals surface area (Å²) in [4.78, 5) is 17.3. The fourth-order valence-corrected chi connectivity index (χ4v) is 3.81. The van der Waals surface area contributed by atoms with Crippen LogP contribution in [-0.2, 0) is 16.0 Å². The zero-order valence-corrected chi connectivity index (χ0v) is 16.0. The monoisotopic (exact) mass is 396 g/mol. The van der Waals surface area contributed by atoms with Gasteiger partial charge in [-0.25, -0.2) is 9.78 Å².